The van der Waals surface area contributed by atoms with E-state index in [-0.39, 0.29) is 5.75 Å². The number of amides is 1. The van der Waals surface area contributed by atoms with E-state index in [9.17, 15) is 14.0 Å². The molecule has 0 spiro atoms. The van der Waals surface area contributed by atoms with Crippen LogP contribution in [0.15, 0.2) is 69.7 Å². The van der Waals surface area contributed by atoms with E-state index in [1.165, 1.54) is 40.8 Å². The molecule has 1 unspecified atom stereocenters. The quantitative estimate of drug-likeness (QED) is 0.535. The fourth-order valence-electron chi connectivity index (χ4n) is 2.98. The number of rotatable bonds is 7. The minimum absolute atomic E-state index is 0.0663. The maximum atomic E-state index is 13.5. The monoisotopic (exact) mass is 428 g/mol. The number of hydrazone groups is 1. The lowest BCUT2D eigenvalue weighted by atomic mass is 10.1. The Morgan fingerprint density at radius 1 is 1.17 bits per heavy atom. The van der Waals surface area contributed by atoms with Crippen LogP contribution in [0.2, 0.25) is 0 Å². The van der Waals surface area contributed by atoms with E-state index >= 15 is 0 Å². The maximum absolute atomic E-state index is 13.5. The fourth-order valence-corrected chi connectivity index (χ4v) is 3.70. The summed E-state index contributed by atoms with van der Waals surface area (Å²) in [5, 5.41) is 7.64. The summed E-state index contributed by atoms with van der Waals surface area (Å²) in [6.07, 6.45) is 2.02. The second kappa shape index (κ2) is 8.91. The van der Waals surface area contributed by atoms with Gasteiger partial charge in [0.1, 0.15) is 11.8 Å². The van der Waals surface area contributed by atoms with Crippen LogP contribution < -0.4 is 4.74 Å². The van der Waals surface area contributed by atoms with Crippen molar-refractivity contribution in [1.29, 1.82) is 0 Å². The van der Waals surface area contributed by atoms with Crippen molar-refractivity contribution in [2.45, 2.75) is 12.5 Å². The van der Waals surface area contributed by atoms with E-state index < -0.39 is 36.9 Å². The Hall–Kier alpha value is -3.46. The number of hydrogen-bond donors (Lipinski definition) is 0. The van der Waals surface area contributed by atoms with Gasteiger partial charge in [-0.3, -0.25) is 4.79 Å². The lowest BCUT2D eigenvalue weighted by Gasteiger charge is -2.19. The highest BCUT2D eigenvalue weighted by Crippen LogP contribution is 2.34. The maximum Gasteiger partial charge on any atom is 0.344 e. The fraction of sp³-hybridized carbons (Fsp3) is 0.190. The molecule has 0 saturated carbocycles. The molecular formula is C21H17FN2O5S. The van der Waals surface area contributed by atoms with Crippen molar-refractivity contribution in [1.82, 2.24) is 5.01 Å². The first kappa shape index (κ1) is 19.8. The molecule has 2 aromatic heterocycles. The molecule has 1 aliphatic heterocycles. The molecule has 0 fully saturated rings. The van der Waals surface area contributed by atoms with Crippen LogP contribution in [0.5, 0.6) is 5.75 Å². The number of furan rings is 1. The summed E-state index contributed by atoms with van der Waals surface area (Å²) in [6.45, 7) is -1.03. The number of thiophene rings is 1. The molecule has 0 bridgehead atoms. The van der Waals surface area contributed by atoms with Gasteiger partial charge in [-0.1, -0.05) is 18.2 Å². The molecule has 0 aliphatic carbocycles. The van der Waals surface area contributed by atoms with Crippen LogP contribution in [-0.2, 0) is 14.3 Å². The molecule has 0 saturated heterocycles. The Morgan fingerprint density at radius 3 is 2.77 bits per heavy atom. The van der Waals surface area contributed by atoms with Gasteiger partial charge in [0.25, 0.3) is 5.91 Å². The van der Waals surface area contributed by atoms with Crippen LogP contribution in [0, 0.1) is 5.82 Å². The summed E-state index contributed by atoms with van der Waals surface area (Å²) in [5.74, 6) is -1.35. The second-order valence-corrected chi connectivity index (χ2v) is 7.33. The van der Waals surface area contributed by atoms with E-state index in [1.807, 2.05) is 17.5 Å². The van der Waals surface area contributed by atoms with E-state index in [2.05, 4.69) is 5.10 Å². The number of ether oxygens (including phenoxy) is 2. The van der Waals surface area contributed by atoms with Crippen LogP contribution in [-0.4, -0.2) is 35.8 Å². The number of halogens is 1. The number of para-hydroxylation sites is 1. The first-order chi connectivity index (χ1) is 14.6. The molecule has 7 nitrogen and oxygen atoms in total. The molecule has 9 heteroatoms. The Kier molecular flexibility index (Phi) is 5.89. The van der Waals surface area contributed by atoms with Crippen molar-refractivity contribution in [2.75, 3.05) is 13.2 Å². The van der Waals surface area contributed by atoms with Gasteiger partial charge in [-0.15, -0.1) is 11.3 Å². The van der Waals surface area contributed by atoms with Crippen LogP contribution in [0.4, 0.5) is 4.39 Å². The largest absolute Gasteiger partial charge is 0.479 e. The highest BCUT2D eigenvalue weighted by Gasteiger charge is 2.35. The Labute approximate surface area is 175 Å². The van der Waals surface area contributed by atoms with Crippen LogP contribution >= 0.6 is 11.3 Å². The zero-order valence-corrected chi connectivity index (χ0v) is 16.5. The van der Waals surface area contributed by atoms with E-state index in [0.29, 0.717) is 12.2 Å². The van der Waals surface area contributed by atoms with Gasteiger partial charge in [-0.25, -0.2) is 14.2 Å². The third-order valence-corrected chi connectivity index (χ3v) is 5.30. The van der Waals surface area contributed by atoms with Crippen molar-refractivity contribution >= 4 is 28.9 Å². The number of carbonyl (C=O) groups is 2. The molecule has 3 heterocycles. The summed E-state index contributed by atoms with van der Waals surface area (Å²) in [4.78, 5) is 25.6. The van der Waals surface area contributed by atoms with E-state index in [1.54, 1.807) is 18.2 Å². The highest BCUT2D eigenvalue weighted by molar-refractivity contribution is 7.12. The van der Waals surface area contributed by atoms with Crippen molar-refractivity contribution in [3.63, 3.8) is 0 Å². The molecule has 30 heavy (non-hydrogen) atoms. The van der Waals surface area contributed by atoms with Crippen LogP contribution in [0.3, 0.4) is 0 Å². The lowest BCUT2D eigenvalue weighted by molar-refractivity contribution is -0.154. The molecule has 1 amide bonds. The highest BCUT2D eigenvalue weighted by atomic mass is 32.1. The molecule has 4 rings (SSSR count). The van der Waals surface area contributed by atoms with E-state index in [0.717, 1.165) is 10.6 Å². The van der Waals surface area contributed by atoms with Crippen LogP contribution in [0.25, 0.3) is 0 Å². The van der Waals surface area contributed by atoms with Gasteiger partial charge in [0.15, 0.2) is 24.8 Å². The Morgan fingerprint density at radius 2 is 2.03 bits per heavy atom. The number of nitrogens with zero attached hydrogens (tertiary/aromatic N) is 2. The Bertz CT molecular complexity index is 1050. The predicted octanol–water partition coefficient (Wildman–Crippen LogP) is 3.78. The third-order valence-electron chi connectivity index (χ3n) is 4.38. The van der Waals surface area contributed by atoms with Crippen molar-refractivity contribution in [3.8, 4) is 5.75 Å². The normalized spacial score (nSPS) is 15.7. The van der Waals surface area contributed by atoms with Gasteiger partial charge in [-0.05, 0) is 35.7 Å². The molecule has 1 atom stereocenters. The van der Waals surface area contributed by atoms with Gasteiger partial charge in [0.05, 0.1) is 16.9 Å². The zero-order chi connectivity index (χ0) is 20.9. The van der Waals surface area contributed by atoms with Gasteiger partial charge in [-0.2, -0.15) is 5.10 Å². The van der Waals surface area contributed by atoms with E-state index in [4.69, 9.17) is 13.9 Å². The van der Waals surface area contributed by atoms with Crippen molar-refractivity contribution in [3.05, 3.63) is 76.6 Å². The molecule has 1 aliphatic rings. The molecule has 1 aromatic carbocycles. The second-order valence-electron chi connectivity index (χ2n) is 6.38. The summed E-state index contributed by atoms with van der Waals surface area (Å²) in [6, 6.07) is 12.6. The molecular weight excluding hydrogens is 411 g/mol. The minimum Gasteiger partial charge on any atom is -0.479 e. The third kappa shape index (κ3) is 4.41. The number of esters is 1. The Balaban J connectivity index is 1.38. The molecule has 0 N–H and O–H groups in total. The van der Waals surface area contributed by atoms with Gasteiger partial charge < -0.3 is 13.9 Å². The molecule has 0 radical (unpaired) electrons. The molecule has 3 aromatic rings. The average molecular weight is 428 g/mol. The molecule has 154 valence electrons. The first-order valence-corrected chi connectivity index (χ1v) is 9.99. The minimum atomic E-state index is -0.789. The smallest absolute Gasteiger partial charge is 0.344 e. The first-order valence-electron chi connectivity index (χ1n) is 9.11. The summed E-state index contributed by atoms with van der Waals surface area (Å²) in [5.41, 5.74) is 0.758. The topological polar surface area (TPSA) is 81.3 Å². The average Bonchev–Trinajstić information content (AvgIpc) is 3.51. The van der Waals surface area contributed by atoms with Crippen LogP contribution in [0.1, 0.15) is 23.1 Å². The number of carbonyl (C=O) groups excluding carboxylic acids is 2. The van der Waals surface area contributed by atoms with Gasteiger partial charge in [0, 0.05) is 6.42 Å². The summed E-state index contributed by atoms with van der Waals surface area (Å²) in [7, 11) is 0. The summed E-state index contributed by atoms with van der Waals surface area (Å²) >= 11 is 1.53. The zero-order valence-electron chi connectivity index (χ0n) is 15.7. The van der Waals surface area contributed by atoms with Crippen molar-refractivity contribution in [2.24, 2.45) is 5.10 Å². The number of benzene rings is 1. The van der Waals surface area contributed by atoms with Gasteiger partial charge in [0.2, 0.25) is 0 Å². The van der Waals surface area contributed by atoms with Gasteiger partial charge >= 0.3 is 5.97 Å². The standard InChI is InChI=1S/C21H17FN2O5S/c22-14-5-1-2-6-17(14)28-13-21(26)29-12-20(25)24-16(18-7-3-9-27-18)11-15(23-24)19-8-4-10-30-19/h1-10,16H,11-13H2. The number of hydrogen-bond acceptors (Lipinski definition) is 7. The predicted molar refractivity (Wildman–Crippen MR) is 107 cm³/mol. The summed E-state index contributed by atoms with van der Waals surface area (Å²) < 4.78 is 29.1. The SMILES string of the molecule is O=C(COc1ccccc1F)OCC(=O)N1N=C(c2cccs2)CC1c1ccco1. The lowest BCUT2D eigenvalue weighted by Crippen LogP contribution is -2.32. The van der Waals surface area contributed by atoms with Crippen molar-refractivity contribution < 1.29 is 27.9 Å².